The predicted molar refractivity (Wildman–Crippen MR) is 71.0 cm³/mol. The monoisotopic (exact) mass is 247 g/mol. The van der Waals surface area contributed by atoms with Crippen molar-refractivity contribution >= 4 is 28.6 Å². The van der Waals surface area contributed by atoms with Crippen LogP contribution in [0.3, 0.4) is 0 Å². The number of hydrogen-bond donors (Lipinski definition) is 3. The first-order valence-corrected chi connectivity index (χ1v) is 6.00. The molecule has 0 unspecified atom stereocenters. The Labute approximate surface area is 103 Å². The van der Waals surface area contributed by atoms with Gasteiger partial charge < -0.3 is 16.8 Å². The van der Waals surface area contributed by atoms with Crippen molar-refractivity contribution in [2.45, 2.75) is 6.54 Å². The van der Waals surface area contributed by atoms with Crippen molar-refractivity contribution in [2.24, 2.45) is 5.73 Å². The summed E-state index contributed by atoms with van der Waals surface area (Å²) in [4.78, 5) is 12.0. The van der Waals surface area contributed by atoms with Gasteiger partial charge >= 0.3 is 0 Å². The van der Waals surface area contributed by atoms with Gasteiger partial charge in [-0.05, 0) is 35.7 Å². The number of benzene rings is 1. The quantitative estimate of drug-likeness (QED) is 0.773. The van der Waals surface area contributed by atoms with Crippen LogP contribution in [0.4, 0.5) is 11.4 Å². The Morgan fingerprint density at radius 2 is 1.94 bits per heavy atom. The number of nitrogen functional groups attached to an aromatic ring is 1. The number of nitrogens with one attached hydrogen (secondary N) is 1. The molecule has 0 aliphatic carbocycles. The largest absolute Gasteiger partial charge is 0.398 e. The van der Waals surface area contributed by atoms with Gasteiger partial charge in [0, 0.05) is 21.8 Å². The van der Waals surface area contributed by atoms with Crippen LogP contribution in [-0.2, 0) is 6.54 Å². The molecule has 2 aromatic rings. The number of nitrogens with two attached hydrogens (primary N) is 2. The van der Waals surface area contributed by atoms with Crippen LogP contribution in [0.2, 0.25) is 0 Å². The molecule has 0 aliphatic heterocycles. The van der Waals surface area contributed by atoms with Gasteiger partial charge in [0.1, 0.15) is 0 Å². The van der Waals surface area contributed by atoms with Crippen LogP contribution in [0.1, 0.15) is 15.2 Å². The number of carbonyl (C=O) groups is 1. The minimum atomic E-state index is -0.418. The van der Waals surface area contributed by atoms with Crippen molar-refractivity contribution < 1.29 is 4.79 Å². The second-order valence-electron chi connectivity index (χ2n) is 3.59. The van der Waals surface area contributed by atoms with Gasteiger partial charge in [0.2, 0.25) is 5.91 Å². The normalized spacial score (nSPS) is 10.1. The van der Waals surface area contributed by atoms with Crippen LogP contribution in [0.5, 0.6) is 0 Å². The maximum Gasteiger partial charge on any atom is 0.248 e. The van der Waals surface area contributed by atoms with Gasteiger partial charge in [0.05, 0.1) is 6.54 Å². The Morgan fingerprint density at radius 1 is 1.24 bits per heavy atom. The highest BCUT2D eigenvalue weighted by molar-refractivity contribution is 7.10. The number of anilines is 2. The lowest BCUT2D eigenvalue weighted by molar-refractivity contribution is 0.100. The van der Waals surface area contributed by atoms with Crippen LogP contribution < -0.4 is 16.8 Å². The standard InChI is InChI=1S/C12H13N3OS/c13-10-5-6-17-11(10)7-15-9-3-1-8(2-4-9)12(14)16/h1-6,15H,7,13H2,(H2,14,16). The number of rotatable bonds is 4. The lowest BCUT2D eigenvalue weighted by Crippen LogP contribution is -2.10. The molecule has 1 aromatic carbocycles. The van der Waals surface area contributed by atoms with E-state index in [1.807, 2.05) is 23.6 Å². The summed E-state index contributed by atoms with van der Waals surface area (Å²) in [7, 11) is 0. The molecule has 0 fully saturated rings. The summed E-state index contributed by atoms with van der Waals surface area (Å²) >= 11 is 1.62. The highest BCUT2D eigenvalue weighted by Crippen LogP contribution is 2.20. The zero-order chi connectivity index (χ0) is 12.3. The van der Waals surface area contributed by atoms with E-state index in [1.165, 1.54) is 0 Å². The van der Waals surface area contributed by atoms with Crippen LogP contribution in [-0.4, -0.2) is 5.91 Å². The molecule has 1 heterocycles. The summed E-state index contributed by atoms with van der Waals surface area (Å²) in [5, 5.41) is 5.19. The van der Waals surface area contributed by atoms with Crippen molar-refractivity contribution in [1.29, 1.82) is 0 Å². The van der Waals surface area contributed by atoms with Gasteiger partial charge in [-0.15, -0.1) is 11.3 Å². The molecule has 5 heteroatoms. The molecule has 0 bridgehead atoms. The maximum absolute atomic E-state index is 10.9. The van der Waals surface area contributed by atoms with Gasteiger partial charge in [-0.25, -0.2) is 0 Å². The molecular formula is C12H13N3OS. The fourth-order valence-corrected chi connectivity index (χ4v) is 2.17. The predicted octanol–water partition coefficient (Wildman–Crippen LogP) is 2.04. The van der Waals surface area contributed by atoms with E-state index in [4.69, 9.17) is 11.5 Å². The molecule has 1 aromatic heterocycles. The second kappa shape index (κ2) is 4.88. The van der Waals surface area contributed by atoms with Crippen LogP contribution in [0.15, 0.2) is 35.7 Å². The molecule has 0 radical (unpaired) electrons. The van der Waals surface area contributed by atoms with E-state index in [9.17, 15) is 4.79 Å². The molecule has 2 rings (SSSR count). The summed E-state index contributed by atoms with van der Waals surface area (Å²) in [5.74, 6) is -0.418. The fourth-order valence-electron chi connectivity index (χ4n) is 1.43. The van der Waals surface area contributed by atoms with Gasteiger partial charge in [-0.1, -0.05) is 0 Å². The van der Waals surface area contributed by atoms with Crippen LogP contribution >= 0.6 is 11.3 Å². The van der Waals surface area contributed by atoms with Crippen LogP contribution in [0, 0.1) is 0 Å². The van der Waals surface area contributed by atoms with Crippen molar-refractivity contribution in [1.82, 2.24) is 0 Å². The van der Waals surface area contributed by atoms with Crippen LogP contribution in [0.25, 0.3) is 0 Å². The van der Waals surface area contributed by atoms with Gasteiger partial charge in [-0.2, -0.15) is 0 Å². The first kappa shape index (κ1) is 11.5. The Morgan fingerprint density at radius 3 is 2.47 bits per heavy atom. The third-order valence-electron chi connectivity index (χ3n) is 2.40. The summed E-state index contributed by atoms with van der Waals surface area (Å²) in [6, 6.07) is 8.93. The van der Waals surface area contributed by atoms with Crippen molar-refractivity contribution in [3.63, 3.8) is 0 Å². The molecule has 0 atom stereocenters. The smallest absolute Gasteiger partial charge is 0.248 e. The summed E-state index contributed by atoms with van der Waals surface area (Å²) in [6.45, 7) is 0.680. The summed E-state index contributed by atoms with van der Waals surface area (Å²) < 4.78 is 0. The molecule has 0 aliphatic rings. The zero-order valence-corrected chi connectivity index (χ0v) is 9.96. The maximum atomic E-state index is 10.9. The number of hydrogen-bond acceptors (Lipinski definition) is 4. The fraction of sp³-hybridized carbons (Fsp3) is 0.0833. The molecule has 5 N–H and O–H groups in total. The summed E-state index contributed by atoms with van der Waals surface area (Å²) in [5.41, 5.74) is 13.2. The van der Waals surface area contributed by atoms with Crippen molar-refractivity contribution in [2.75, 3.05) is 11.1 Å². The molecule has 17 heavy (non-hydrogen) atoms. The topological polar surface area (TPSA) is 81.1 Å². The van der Waals surface area contributed by atoms with E-state index in [-0.39, 0.29) is 0 Å². The molecule has 0 spiro atoms. The Bertz CT molecular complexity index is 519. The van der Waals surface area contributed by atoms with E-state index < -0.39 is 5.91 Å². The summed E-state index contributed by atoms with van der Waals surface area (Å²) in [6.07, 6.45) is 0. The van der Waals surface area contributed by atoms with E-state index in [2.05, 4.69) is 5.32 Å². The highest BCUT2D eigenvalue weighted by atomic mass is 32.1. The lowest BCUT2D eigenvalue weighted by Gasteiger charge is -2.06. The van der Waals surface area contributed by atoms with Crippen molar-refractivity contribution in [3.05, 3.63) is 46.2 Å². The minimum Gasteiger partial charge on any atom is -0.398 e. The average Bonchev–Trinajstić information content (AvgIpc) is 2.73. The molecule has 0 saturated carbocycles. The highest BCUT2D eigenvalue weighted by Gasteiger charge is 2.02. The Balaban J connectivity index is 2.00. The van der Waals surface area contributed by atoms with E-state index in [0.717, 1.165) is 16.3 Å². The van der Waals surface area contributed by atoms with Gasteiger partial charge in [0.25, 0.3) is 0 Å². The van der Waals surface area contributed by atoms with E-state index in [1.54, 1.807) is 23.5 Å². The molecule has 1 amide bonds. The SMILES string of the molecule is NC(=O)c1ccc(NCc2sccc2N)cc1. The number of primary amides is 1. The third kappa shape index (κ3) is 2.76. The second-order valence-corrected chi connectivity index (χ2v) is 4.59. The number of carbonyl (C=O) groups excluding carboxylic acids is 1. The van der Waals surface area contributed by atoms with E-state index >= 15 is 0 Å². The lowest BCUT2D eigenvalue weighted by atomic mass is 10.2. The first-order valence-electron chi connectivity index (χ1n) is 5.12. The first-order chi connectivity index (χ1) is 8.16. The molecule has 4 nitrogen and oxygen atoms in total. The minimum absolute atomic E-state index is 0.418. The number of thiophene rings is 1. The Kier molecular flexibility index (Phi) is 3.30. The average molecular weight is 247 g/mol. The van der Waals surface area contributed by atoms with Gasteiger partial charge in [0.15, 0.2) is 0 Å². The van der Waals surface area contributed by atoms with E-state index in [0.29, 0.717) is 12.1 Å². The molecular weight excluding hydrogens is 234 g/mol. The van der Waals surface area contributed by atoms with Crippen molar-refractivity contribution in [3.8, 4) is 0 Å². The molecule has 0 saturated heterocycles. The number of amides is 1. The Hall–Kier alpha value is -2.01. The third-order valence-corrected chi connectivity index (χ3v) is 3.34. The molecule has 88 valence electrons. The van der Waals surface area contributed by atoms with Gasteiger partial charge in [-0.3, -0.25) is 4.79 Å². The zero-order valence-electron chi connectivity index (χ0n) is 9.14.